The van der Waals surface area contributed by atoms with E-state index in [0.29, 0.717) is 38.6 Å². The summed E-state index contributed by atoms with van der Waals surface area (Å²) in [6.45, 7) is 2.42. The number of thioether (sulfide) groups is 1. The third kappa shape index (κ3) is 6.84. The van der Waals surface area contributed by atoms with E-state index in [2.05, 4.69) is 26.1 Å². The minimum absolute atomic E-state index is 0.0303. The molecule has 0 bridgehead atoms. The maximum atomic E-state index is 13.6. The molecule has 0 spiro atoms. The number of aryl methyl sites for hydroxylation is 1. The molecule has 11 heteroatoms. The average molecular weight is 719 g/mol. The van der Waals surface area contributed by atoms with Crippen LogP contribution in [0.25, 0.3) is 5.76 Å². The number of ether oxygens (including phenoxy) is 1. The number of amides is 1. The van der Waals surface area contributed by atoms with Gasteiger partial charge in [0.05, 0.1) is 11.6 Å². The number of anilines is 1. The van der Waals surface area contributed by atoms with Crippen molar-refractivity contribution < 1.29 is 19.4 Å². The van der Waals surface area contributed by atoms with E-state index < -0.39 is 17.7 Å². The van der Waals surface area contributed by atoms with Crippen LogP contribution >= 0.6 is 50.6 Å². The fourth-order valence-corrected chi connectivity index (χ4v) is 7.27. The highest BCUT2D eigenvalue weighted by Gasteiger charge is 2.48. The van der Waals surface area contributed by atoms with E-state index >= 15 is 0 Å². The number of rotatable bonds is 9. The van der Waals surface area contributed by atoms with E-state index in [1.807, 2.05) is 73.7 Å². The monoisotopic (exact) mass is 717 g/mol. The van der Waals surface area contributed by atoms with Gasteiger partial charge in [-0.2, -0.15) is 0 Å². The van der Waals surface area contributed by atoms with Crippen molar-refractivity contribution in [3.8, 4) is 5.75 Å². The summed E-state index contributed by atoms with van der Waals surface area (Å²) in [5.41, 5.74) is 4.25. The number of aromatic nitrogens is 2. The van der Waals surface area contributed by atoms with Gasteiger partial charge in [-0.15, -0.1) is 10.2 Å². The summed E-state index contributed by atoms with van der Waals surface area (Å²) in [6, 6.07) is 28.7. The first-order valence-electron chi connectivity index (χ1n) is 13.8. The largest absolute Gasteiger partial charge is 0.507 e. The topological polar surface area (TPSA) is 92.6 Å². The van der Waals surface area contributed by atoms with Gasteiger partial charge in [0.1, 0.15) is 18.1 Å². The van der Waals surface area contributed by atoms with Crippen LogP contribution in [0.3, 0.4) is 0 Å². The predicted octanol–water partition coefficient (Wildman–Crippen LogP) is 8.76. The molecule has 5 aromatic rings. The normalized spacial score (nSPS) is 15.9. The molecule has 2 heterocycles. The Labute approximate surface area is 281 Å². The predicted molar refractivity (Wildman–Crippen MR) is 182 cm³/mol. The Morgan fingerprint density at radius 2 is 1.76 bits per heavy atom. The van der Waals surface area contributed by atoms with Gasteiger partial charge in [-0.1, -0.05) is 99.2 Å². The second-order valence-electron chi connectivity index (χ2n) is 10.2. The van der Waals surface area contributed by atoms with Crippen molar-refractivity contribution >= 4 is 73.2 Å². The number of hydrogen-bond acceptors (Lipinski definition) is 8. The molecule has 0 saturated carbocycles. The number of hydrogen-bond donors (Lipinski definition) is 1. The van der Waals surface area contributed by atoms with Crippen molar-refractivity contribution in [2.75, 3.05) is 4.90 Å². The Morgan fingerprint density at radius 3 is 2.49 bits per heavy atom. The van der Waals surface area contributed by atoms with Gasteiger partial charge in [0.15, 0.2) is 4.34 Å². The van der Waals surface area contributed by atoms with E-state index in [-0.39, 0.29) is 16.5 Å². The minimum Gasteiger partial charge on any atom is -0.507 e. The summed E-state index contributed by atoms with van der Waals surface area (Å²) in [5, 5.41) is 21.0. The minimum atomic E-state index is -0.915. The van der Waals surface area contributed by atoms with Crippen molar-refractivity contribution in [2.45, 2.75) is 29.7 Å². The molecule has 0 radical (unpaired) electrons. The van der Waals surface area contributed by atoms with E-state index in [4.69, 9.17) is 16.3 Å². The molecule has 226 valence electrons. The first-order chi connectivity index (χ1) is 21.8. The van der Waals surface area contributed by atoms with Gasteiger partial charge in [-0.3, -0.25) is 14.5 Å². The molecule has 4 aromatic carbocycles. The van der Waals surface area contributed by atoms with E-state index in [1.54, 1.807) is 30.3 Å². The van der Waals surface area contributed by atoms with Gasteiger partial charge in [-0.05, 0) is 77.7 Å². The highest BCUT2D eigenvalue weighted by Crippen LogP contribution is 2.44. The Bertz CT molecular complexity index is 1910. The number of nitrogens with zero attached hydrogens (tertiary/aromatic N) is 3. The number of ketones is 1. The number of Topliss-reactive ketones (excluding diaryl/α,β-unsaturated/α-hetero) is 1. The summed E-state index contributed by atoms with van der Waals surface area (Å²) in [7, 11) is 0. The fourth-order valence-electron chi connectivity index (χ4n) is 4.90. The Morgan fingerprint density at radius 1 is 1.00 bits per heavy atom. The summed E-state index contributed by atoms with van der Waals surface area (Å²) < 4.78 is 7.35. The number of halogens is 2. The lowest BCUT2D eigenvalue weighted by atomic mass is 9.95. The summed E-state index contributed by atoms with van der Waals surface area (Å²) >= 11 is 12.2. The molecule has 45 heavy (non-hydrogen) atoms. The molecule has 1 saturated heterocycles. The van der Waals surface area contributed by atoms with Gasteiger partial charge in [0.2, 0.25) is 5.13 Å². The molecule has 1 aliphatic heterocycles. The quantitative estimate of drug-likeness (QED) is 0.0536. The fraction of sp³-hybridized carbons (Fsp3) is 0.118. The van der Waals surface area contributed by atoms with Crippen molar-refractivity contribution in [1.29, 1.82) is 0 Å². The van der Waals surface area contributed by atoms with Gasteiger partial charge >= 0.3 is 5.91 Å². The van der Waals surface area contributed by atoms with Crippen molar-refractivity contribution in [3.63, 3.8) is 0 Å². The van der Waals surface area contributed by atoms with Crippen LogP contribution in [0.2, 0.25) is 5.02 Å². The van der Waals surface area contributed by atoms with E-state index in [0.717, 1.165) is 21.2 Å². The van der Waals surface area contributed by atoms with Crippen LogP contribution in [-0.2, 0) is 21.9 Å². The molecule has 0 aliphatic carbocycles. The van der Waals surface area contributed by atoms with Gasteiger partial charge in [0.25, 0.3) is 5.78 Å². The number of benzene rings is 4. The Balaban J connectivity index is 1.30. The lowest BCUT2D eigenvalue weighted by Crippen LogP contribution is -2.29. The lowest BCUT2D eigenvalue weighted by Gasteiger charge is -2.22. The molecular formula is C34H25BrClN3O4S2. The smallest absolute Gasteiger partial charge is 0.301 e. The second-order valence-corrected chi connectivity index (χ2v) is 13.8. The molecule has 1 atom stereocenters. The third-order valence-electron chi connectivity index (χ3n) is 7.27. The molecule has 1 aliphatic rings. The number of aliphatic hydroxyl groups is 1. The van der Waals surface area contributed by atoms with Crippen LogP contribution in [0, 0.1) is 6.92 Å². The number of aliphatic hydroxyl groups excluding tert-OH is 1. The van der Waals surface area contributed by atoms with E-state index in [9.17, 15) is 14.7 Å². The highest BCUT2D eigenvalue weighted by atomic mass is 79.9. The summed E-state index contributed by atoms with van der Waals surface area (Å²) in [6.07, 6.45) is 0. The zero-order valence-corrected chi connectivity index (χ0v) is 27.8. The summed E-state index contributed by atoms with van der Waals surface area (Å²) in [5.74, 6) is -0.637. The van der Waals surface area contributed by atoms with Crippen LogP contribution in [0.1, 0.15) is 33.9 Å². The van der Waals surface area contributed by atoms with Gasteiger partial charge < -0.3 is 9.84 Å². The van der Waals surface area contributed by atoms with Gasteiger partial charge in [0, 0.05) is 20.8 Å². The number of carbonyl (C=O) groups excluding carboxylic acids is 2. The van der Waals surface area contributed by atoms with E-state index in [1.165, 1.54) is 28.0 Å². The molecule has 1 N–H and O–H groups in total. The molecule has 1 unspecified atom stereocenters. The first-order valence-corrected chi connectivity index (χ1v) is 16.8. The maximum Gasteiger partial charge on any atom is 0.301 e. The van der Waals surface area contributed by atoms with Crippen LogP contribution in [0.5, 0.6) is 5.75 Å². The SMILES string of the molecule is Cc1ccccc1COc1ccc(/C(O)=C2\C(=O)C(=O)N(c3nnc(SCc4ccc(Cl)cc4)s3)C2c2cccc(Br)c2)cc1. The maximum absolute atomic E-state index is 13.6. The van der Waals surface area contributed by atoms with Gasteiger partial charge in [-0.25, -0.2) is 0 Å². The first kappa shape index (κ1) is 31.0. The zero-order valence-electron chi connectivity index (χ0n) is 23.8. The van der Waals surface area contributed by atoms with Crippen LogP contribution in [0.15, 0.2) is 111 Å². The average Bonchev–Trinajstić information content (AvgIpc) is 3.62. The van der Waals surface area contributed by atoms with Crippen LogP contribution in [-0.4, -0.2) is 27.0 Å². The molecule has 1 aromatic heterocycles. The number of carbonyl (C=O) groups is 2. The Hall–Kier alpha value is -3.96. The molecule has 1 fully saturated rings. The summed E-state index contributed by atoms with van der Waals surface area (Å²) in [4.78, 5) is 28.5. The molecule has 7 nitrogen and oxygen atoms in total. The highest BCUT2D eigenvalue weighted by molar-refractivity contribution is 9.10. The zero-order chi connectivity index (χ0) is 31.5. The molecule has 6 rings (SSSR count). The van der Waals surface area contributed by atoms with Crippen LogP contribution < -0.4 is 9.64 Å². The second kappa shape index (κ2) is 13.6. The van der Waals surface area contributed by atoms with Crippen molar-refractivity contribution in [2.24, 2.45) is 0 Å². The third-order valence-corrected chi connectivity index (χ3v) is 10.1. The lowest BCUT2D eigenvalue weighted by molar-refractivity contribution is -0.132. The standard InChI is InChI=1S/C34H25BrClN3O4S2/c1-20-5-2-3-6-24(20)18-43-27-15-11-22(12-16-27)30(40)28-29(23-7-4-8-25(35)17-23)39(32(42)31(28)41)33-37-38-34(45-33)44-19-21-9-13-26(36)14-10-21/h2-17,29,40H,18-19H2,1H3/b30-28+. The van der Waals surface area contributed by atoms with Crippen molar-refractivity contribution in [3.05, 3.63) is 140 Å². The van der Waals surface area contributed by atoms with Crippen LogP contribution in [0.4, 0.5) is 5.13 Å². The molecule has 1 amide bonds. The Kier molecular flexibility index (Phi) is 9.37. The molecular weight excluding hydrogens is 694 g/mol. The van der Waals surface area contributed by atoms with Crippen molar-refractivity contribution in [1.82, 2.24) is 10.2 Å².